The van der Waals surface area contributed by atoms with Gasteiger partial charge in [0.25, 0.3) is 0 Å². The van der Waals surface area contributed by atoms with Crippen LogP contribution in [0.2, 0.25) is 0 Å². The Balaban J connectivity index is 0.000000349. The fourth-order valence-corrected chi connectivity index (χ4v) is 4.86. The van der Waals surface area contributed by atoms with Crippen LogP contribution in [0, 0.1) is 0 Å². The minimum Gasteiger partial charge on any atom is -0.497 e. The molecule has 7 heteroatoms. The molecule has 1 saturated heterocycles. The van der Waals surface area contributed by atoms with Crippen LogP contribution in [0.15, 0.2) is 78.9 Å². The van der Waals surface area contributed by atoms with Gasteiger partial charge in [-0.3, -0.25) is 4.90 Å². The Kier molecular flexibility index (Phi) is 8.59. The van der Waals surface area contributed by atoms with Crippen molar-refractivity contribution in [1.82, 2.24) is 4.90 Å². The second-order valence-electron chi connectivity index (χ2n) is 9.04. The predicted octanol–water partition coefficient (Wildman–Crippen LogP) is 4.71. The summed E-state index contributed by atoms with van der Waals surface area (Å²) >= 11 is 0. The van der Waals surface area contributed by atoms with E-state index in [1.165, 1.54) is 33.2 Å². The highest BCUT2D eigenvalue weighted by atomic mass is 16.5. The number of methoxy groups -OCH3 is 1. The van der Waals surface area contributed by atoms with Gasteiger partial charge < -0.3 is 19.8 Å². The zero-order valence-corrected chi connectivity index (χ0v) is 21.0. The number of fused-ring (bicyclic) bond motifs is 2. The first-order valence-corrected chi connectivity index (χ1v) is 12.4. The van der Waals surface area contributed by atoms with Crippen molar-refractivity contribution in [3.63, 3.8) is 0 Å². The van der Waals surface area contributed by atoms with Crippen LogP contribution in [0.25, 0.3) is 16.3 Å². The first-order chi connectivity index (χ1) is 17.9. The highest BCUT2D eigenvalue weighted by molar-refractivity contribution is 5.95. The molecule has 2 N–H and O–H groups in total. The lowest BCUT2D eigenvalue weighted by Gasteiger charge is -2.36. The SMILES string of the molecule is COc1ccc2cccc(N3CCN(CCC4=CCc5ccccc54)CC3)c2c1.O=C(O)/C=C/C(=O)O. The molecule has 7 nitrogen and oxygen atoms in total. The Labute approximate surface area is 216 Å². The monoisotopic (exact) mass is 500 g/mol. The number of aliphatic carboxylic acids is 2. The third kappa shape index (κ3) is 6.77. The van der Waals surface area contributed by atoms with E-state index in [1.54, 1.807) is 7.11 Å². The minimum atomic E-state index is -1.26. The van der Waals surface area contributed by atoms with Crippen molar-refractivity contribution < 1.29 is 24.5 Å². The Hall–Kier alpha value is -4.10. The number of anilines is 1. The molecule has 0 spiro atoms. The van der Waals surface area contributed by atoms with Gasteiger partial charge in [-0.15, -0.1) is 0 Å². The molecule has 37 heavy (non-hydrogen) atoms. The number of hydrogen-bond donors (Lipinski definition) is 2. The molecule has 0 amide bonds. The lowest BCUT2D eigenvalue weighted by Crippen LogP contribution is -2.46. The fourth-order valence-electron chi connectivity index (χ4n) is 4.86. The molecule has 0 unspecified atom stereocenters. The van der Waals surface area contributed by atoms with Crippen LogP contribution in [0.3, 0.4) is 0 Å². The normalized spacial score (nSPS) is 15.2. The van der Waals surface area contributed by atoms with E-state index in [-0.39, 0.29) is 0 Å². The van der Waals surface area contributed by atoms with E-state index in [0.29, 0.717) is 12.2 Å². The van der Waals surface area contributed by atoms with E-state index in [4.69, 9.17) is 14.9 Å². The molecule has 1 aliphatic carbocycles. The van der Waals surface area contributed by atoms with Crippen LogP contribution < -0.4 is 9.64 Å². The molecule has 0 saturated carbocycles. The highest BCUT2D eigenvalue weighted by Gasteiger charge is 2.20. The molecule has 192 valence electrons. The number of carbonyl (C=O) groups is 2. The van der Waals surface area contributed by atoms with E-state index in [1.807, 2.05) is 6.07 Å². The van der Waals surface area contributed by atoms with Crippen molar-refractivity contribution in [3.05, 3.63) is 90.0 Å². The fraction of sp³-hybridized carbons (Fsp3) is 0.267. The van der Waals surface area contributed by atoms with Crippen LogP contribution in [-0.2, 0) is 16.0 Å². The molecule has 3 aromatic carbocycles. The van der Waals surface area contributed by atoms with Crippen LogP contribution in [0.5, 0.6) is 5.75 Å². The first-order valence-electron chi connectivity index (χ1n) is 12.4. The summed E-state index contributed by atoms with van der Waals surface area (Å²) in [6, 6.07) is 21.8. The van der Waals surface area contributed by atoms with Crippen LogP contribution in [0.1, 0.15) is 17.5 Å². The molecule has 5 rings (SSSR count). The molecule has 3 aromatic rings. The number of nitrogens with zero attached hydrogens (tertiary/aromatic N) is 2. The zero-order valence-electron chi connectivity index (χ0n) is 21.0. The van der Waals surface area contributed by atoms with Crippen molar-refractivity contribution in [2.24, 2.45) is 0 Å². The van der Waals surface area contributed by atoms with Gasteiger partial charge in [-0.1, -0.05) is 48.5 Å². The molecule has 2 aliphatic rings. The van der Waals surface area contributed by atoms with E-state index in [9.17, 15) is 9.59 Å². The summed E-state index contributed by atoms with van der Waals surface area (Å²) in [5, 5.41) is 18.2. The molecule has 0 atom stereocenters. The number of piperazine rings is 1. The second kappa shape index (κ2) is 12.2. The van der Waals surface area contributed by atoms with Crippen molar-refractivity contribution in [2.75, 3.05) is 44.7 Å². The maximum absolute atomic E-state index is 9.55. The quantitative estimate of drug-likeness (QED) is 0.454. The number of rotatable bonds is 7. The molecule has 1 fully saturated rings. The standard InChI is InChI=1S/C26H28N2O.C4H4O4/c1-29-23-12-11-21-6-4-8-26(25(21)19-23)28-17-15-27(16-18-28)14-13-22-10-9-20-5-2-3-7-24(20)22;5-3(6)1-2-4(7)8/h2-8,10-12,19H,9,13-18H2,1H3;1-2H,(H,5,6)(H,7,8)/b;2-1+. The Morgan fingerprint density at radius 3 is 2.35 bits per heavy atom. The van der Waals surface area contributed by atoms with Crippen molar-refractivity contribution in [3.8, 4) is 5.75 Å². The minimum absolute atomic E-state index is 0.558. The number of carboxylic acid groups (broad SMARTS) is 2. The predicted molar refractivity (Wildman–Crippen MR) is 146 cm³/mol. The van der Waals surface area contributed by atoms with Gasteiger partial charge in [0.15, 0.2) is 0 Å². The Bertz CT molecular complexity index is 1310. The molecule has 0 aromatic heterocycles. The van der Waals surface area contributed by atoms with Gasteiger partial charge in [0.2, 0.25) is 0 Å². The van der Waals surface area contributed by atoms with Gasteiger partial charge in [0, 0.05) is 55.9 Å². The first kappa shape index (κ1) is 26.0. The van der Waals surface area contributed by atoms with Crippen LogP contribution in [0.4, 0.5) is 5.69 Å². The van der Waals surface area contributed by atoms with Gasteiger partial charge in [-0.2, -0.15) is 0 Å². The van der Waals surface area contributed by atoms with Crippen molar-refractivity contribution >= 4 is 34.0 Å². The van der Waals surface area contributed by atoms with Crippen molar-refractivity contribution in [2.45, 2.75) is 12.8 Å². The van der Waals surface area contributed by atoms with E-state index < -0.39 is 11.9 Å². The Morgan fingerprint density at radius 1 is 0.919 bits per heavy atom. The van der Waals surface area contributed by atoms with Crippen LogP contribution >= 0.6 is 0 Å². The summed E-state index contributed by atoms with van der Waals surface area (Å²) in [6.45, 7) is 5.54. The van der Waals surface area contributed by atoms with Gasteiger partial charge in [0.1, 0.15) is 5.75 Å². The summed E-state index contributed by atoms with van der Waals surface area (Å²) < 4.78 is 5.46. The third-order valence-corrected chi connectivity index (χ3v) is 6.78. The highest BCUT2D eigenvalue weighted by Crippen LogP contribution is 2.32. The molecule has 1 aliphatic heterocycles. The number of hydrogen-bond acceptors (Lipinski definition) is 5. The van der Waals surface area contributed by atoms with E-state index in [2.05, 4.69) is 70.5 Å². The molecular formula is C30H32N2O5. The average Bonchev–Trinajstić information content (AvgIpc) is 3.34. The largest absolute Gasteiger partial charge is 0.497 e. The summed E-state index contributed by atoms with van der Waals surface area (Å²) in [7, 11) is 1.74. The smallest absolute Gasteiger partial charge is 0.328 e. The maximum Gasteiger partial charge on any atom is 0.328 e. The third-order valence-electron chi connectivity index (χ3n) is 6.78. The van der Waals surface area contributed by atoms with E-state index >= 15 is 0 Å². The summed E-state index contributed by atoms with van der Waals surface area (Å²) in [6.07, 6.45) is 5.79. The number of ether oxygens (including phenoxy) is 1. The molecular weight excluding hydrogens is 468 g/mol. The van der Waals surface area contributed by atoms with Gasteiger partial charge >= 0.3 is 11.9 Å². The van der Waals surface area contributed by atoms with E-state index in [0.717, 1.165) is 51.3 Å². The lowest BCUT2D eigenvalue weighted by molar-refractivity contribution is -0.134. The number of benzene rings is 3. The Morgan fingerprint density at radius 2 is 1.65 bits per heavy atom. The molecule has 0 radical (unpaired) electrons. The second-order valence-corrected chi connectivity index (χ2v) is 9.04. The van der Waals surface area contributed by atoms with Gasteiger partial charge in [0.05, 0.1) is 7.11 Å². The summed E-state index contributed by atoms with van der Waals surface area (Å²) in [5.41, 5.74) is 5.81. The van der Waals surface area contributed by atoms with Gasteiger partial charge in [-0.25, -0.2) is 9.59 Å². The van der Waals surface area contributed by atoms with Crippen LogP contribution in [-0.4, -0.2) is 66.9 Å². The topological polar surface area (TPSA) is 90.3 Å². The van der Waals surface area contributed by atoms with Gasteiger partial charge in [-0.05, 0) is 53.1 Å². The summed E-state index contributed by atoms with van der Waals surface area (Å²) in [4.78, 5) is 24.3. The lowest BCUT2D eigenvalue weighted by atomic mass is 10.0. The van der Waals surface area contributed by atoms with Crippen molar-refractivity contribution in [1.29, 1.82) is 0 Å². The summed E-state index contributed by atoms with van der Waals surface area (Å²) in [5.74, 6) is -1.59. The number of carboxylic acids is 2. The average molecular weight is 501 g/mol. The number of allylic oxidation sites excluding steroid dienone is 1. The molecule has 0 bridgehead atoms. The molecule has 1 heterocycles. The zero-order chi connectivity index (χ0) is 26.2. The maximum atomic E-state index is 9.55.